The largest absolute Gasteiger partial charge is 0.349 e. The molecule has 1 atom stereocenters. The third-order valence-electron chi connectivity index (χ3n) is 5.46. The zero-order valence-corrected chi connectivity index (χ0v) is 18.5. The molecule has 0 aliphatic carbocycles. The molecule has 0 fully saturated rings. The number of amides is 1. The van der Waals surface area contributed by atoms with E-state index >= 15 is 0 Å². The Balaban J connectivity index is 1.48. The Hall–Kier alpha value is -4.14. The van der Waals surface area contributed by atoms with Crippen molar-refractivity contribution < 1.29 is 9.18 Å². The standard InChI is InChI=1S/C24H23FN6O2/c1-14-20(24(33)30-23(29-14)17-5-4-10-26-12-17)11-22(32)28-15(2)21-13-27-31(16(21)3)19-8-6-18(25)7-9-19/h4-10,12-13,15H,11H2,1-3H3,(H,28,32)(H,29,30,33). The summed E-state index contributed by atoms with van der Waals surface area (Å²) in [4.78, 5) is 36.5. The Kier molecular flexibility index (Phi) is 6.12. The second-order valence-electron chi connectivity index (χ2n) is 7.76. The van der Waals surface area contributed by atoms with Crippen LogP contribution in [-0.2, 0) is 11.2 Å². The van der Waals surface area contributed by atoms with Gasteiger partial charge in [0.25, 0.3) is 5.56 Å². The molecule has 4 aromatic rings. The summed E-state index contributed by atoms with van der Waals surface area (Å²) in [6, 6.07) is 9.23. The number of aromatic amines is 1. The van der Waals surface area contributed by atoms with Crippen LogP contribution in [0.2, 0.25) is 0 Å². The highest BCUT2D eigenvalue weighted by atomic mass is 19.1. The van der Waals surface area contributed by atoms with Crippen molar-refractivity contribution in [3.05, 3.63) is 93.7 Å². The van der Waals surface area contributed by atoms with Crippen molar-refractivity contribution in [1.29, 1.82) is 0 Å². The molecule has 0 spiro atoms. The summed E-state index contributed by atoms with van der Waals surface area (Å²) in [5, 5.41) is 7.28. The third kappa shape index (κ3) is 4.72. The molecule has 0 aliphatic rings. The van der Waals surface area contributed by atoms with Crippen molar-refractivity contribution >= 4 is 5.91 Å². The summed E-state index contributed by atoms with van der Waals surface area (Å²) < 4.78 is 14.9. The first kappa shape index (κ1) is 22.1. The minimum atomic E-state index is -0.357. The van der Waals surface area contributed by atoms with Gasteiger partial charge in [-0.3, -0.25) is 14.6 Å². The number of rotatable bonds is 6. The zero-order valence-electron chi connectivity index (χ0n) is 18.5. The van der Waals surface area contributed by atoms with Crippen molar-refractivity contribution in [3.63, 3.8) is 0 Å². The van der Waals surface area contributed by atoms with Gasteiger partial charge in [-0.2, -0.15) is 5.10 Å². The number of nitrogens with one attached hydrogen (secondary N) is 2. The molecule has 0 radical (unpaired) electrons. The zero-order chi connectivity index (χ0) is 23.5. The minimum Gasteiger partial charge on any atom is -0.349 e. The second-order valence-corrected chi connectivity index (χ2v) is 7.76. The number of H-pyrrole nitrogens is 1. The fourth-order valence-corrected chi connectivity index (χ4v) is 3.68. The first-order valence-electron chi connectivity index (χ1n) is 10.4. The quantitative estimate of drug-likeness (QED) is 0.473. The Morgan fingerprint density at radius 3 is 2.61 bits per heavy atom. The Morgan fingerprint density at radius 1 is 1.18 bits per heavy atom. The number of carbonyl (C=O) groups excluding carboxylic acids is 1. The summed E-state index contributed by atoms with van der Waals surface area (Å²) in [6.45, 7) is 5.43. The van der Waals surface area contributed by atoms with Crippen molar-refractivity contribution in [1.82, 2.24) is 30.0 Å². The van der Waals surface area contributed by atoms with Crippen LogP contribution in [0.5, 0.6) is 0 Å². The molecule has 3 aromatic heterocycles. The van der Waals surface area contributed by atoms with Gasteiger partial charge in [-0.25, -0.2) is 14.1 Å². The van der Waals surface area contributed by atoms with Gasteiger partial charge in [0.2, 0.25) is 5.91 Å². The van der Waals surface area contributed by atoms with Gasteiger partial charge in [-0.15, -0.1) is 0 Å². The first-order valence-corrected chi connectivity index (χ1v) is 10.4. The van der Waals surface area contributed by atoms with Crippen molar-refractivity contribution in [2.24, 2.45) is 0 Å². The van der Waals surface area contributed by atoms with Crippen LogP contribution in [0.4, 0.5) is 4.39 Å². The SMILES string of the molecule is Cc1nc(-c2cccnc2)[nH]c(=O)c1CC(=O)NC(C)c1cnn(-c2ccc(F)cc2)c1C. The van der Waals surface area contributed by atoms with Crippen molar-refractivity contribution in [2.45, 2.75) is 33.2 Å². The van der Waals surface area contributed by atoms with E-state index in [-0.39, 0.29) is 29.7 Å². The predicted molar refractivity (Wildman–Crippen MR) is 121 cm³/mol. The van der Waals surface area contributed by atoms with E-state index in [0.29, 0.717) is 22.6 Å². The van der Waals surface area contributed by atoms with E-state index in [1.54, 1.807) is 54.5 Å². The molecular weight excluding hydrogens is 423 g/mol. The predicted octanol–water partition coefficient (Wildman–Crippen LogP) is 3.19. The molecule has 1 unspecified atom stereocenters. The lowest BCUT2D eigenvalue weighted by Crippen LogP contribution is -2.31. The second kappa shape index (κ2) is 9.15. The number of aromatic nitrogens is 5. The number of nitrogens with zero attached hydrogens (tertiary/aromatic N) is 4. The smallest absolute Gasteiger partial charge is 0.255 e. The van der Waals surface area contributed by atoms with E-state index in [0.717, 1.165) is 16.9 Å². The number of halogens is 1. The number of hydrogen-bond acceptors (Lipinski definition) is 5. The van der Waals surface area contributed by atoms with Crippen LogP contribution in [0.15, 0.2) is 59.8 Å². The molecule has 0 aliphatic heterocycles. The summed E-state index contributed by atoms with van der Waals surface area (Å²) in [7, 11) is 0. The fraction of sp³-hybridized carbons (Fsp3) is 0.208. The summed E-state index contributed by atoms with van der Waals surface area (Å²) in [5.74, 6) is -0.217. The molecule has 9 heteroatoms. The van der Waals surface area contributed by atoms with Crippen LogP contribution in [0.25, 0.3) is 17.1 Å². The number of benzene rings is 1. The molecule has 0 bridgehead atoms. The van der Waals surface area contributed by atoms with Gasteiger partial charge in [-0.1, -0.05) is 0 Å². The maximum atomic E-state index is 13.2. The monoisotopic (exact) mass is 446 g/mol. The highest BCUT2D eigenvalue weighted by Crippen LogP contribution is 2.21. The van der Waals surface area contributed by atoms with E-state index in [9.17, 15) is 14.0 Å². The molecule has 0 saturated carbocycles. The molecule has 4 rings (SSSR count). The molecule has 0 saturated heterocycles. The van der Waals surface area contributed by atoms with E-state index < -0.39 is 0 Å². The van der Waals surface area contributed by atoms with Crippen LogP contribution >= 0.6 is 0 Å². The average molecular weight is 446 g/mol. The first-order chi connectivity index (χ1) is 15.8. The highest BCUT2D eigenvalue weighted by Gasteiger charge is 2.19. The number of aryl methyl sites for hydroxylation is 1. The van der Waals surface area contributed by atoms with Gasteiger partial charge in [0, 0.05) is 40.5 Å². The number of hydrogen-bond donors (Lipinski definition) is 2. The molecule has 3 heterocycles. The van der Waals surface area contributed by atoms with Crippen molar-refractivity contribution in [3.8, 4) is 17.1 Å². The molecule has 1 amide bonds. The highest BCUT2D eigenvalue weighted by molar-refractivity contribution is 5.79. The van der Waals surface area contributed by atoms with E-state index in [4.69, 9.17) is 0 Å². The van der Waals surface area contributed by atoms with Gasteiger partial charge in [-0.05, 0) is 57.2 Å². The molecule has 168 valence electrons. The molecule has 2 N–H and O–H groups in total. The molecular formula is C24H23FN6O2. The molecule has 33 heavy (non-hydrogen) atoms. The van der Waals surface area contributed by atoms with Crippen molar-refractivity contribution in [2.75, 3.05) is 0 Å². The molecule has 8 nitrogen and oxygen atoms in total. The van der Waals surface area contributed by atoms with E-state index in [1.807, 2.05) is 13.8 Å². The van der Waals surface area contributed by atoms with Gasteiger partial charge >= 0.3 is 0 Å². The lowest BCUT2D eigenvalue weighted by molar-refractivity contribution is -0.121. The number of pyridine rings is 1. The van der Waals surface area contributed by atoms with E-state index in [2.05, 4.69) is 25.4 Å². The molecule has 1 aromatic carbocycles. The van der Waals surface area contributed by atoms with Crippen LogP contribution in [-0.4, -0.2) is 30.6 Å². The lowest BCUT2D eigenvalue weighted by atomic mass is 10.1. The average Bonchev–Trinajstić information content (AvgIpc) is 3.18. The van der Waals surface area contributed by atoms with E-state index in [1.165, 1.54) is 12.1 Å². The van der Waals surface area contributed by atoms with Crippen LogP contribution in [0.3, 0.4) is 0 Å². The van der Waals surface area contributed by atoms with Gasteiger partial charge in [0.15, 0.2) is 0 Å². The van der Waals surface area contributed by atoms with Crippen LogP contribution in [0, 0.1) is 19.7 Å². The van der Waals surface area contributed by atoms with Crippen LogP contribution in [0.1, 0.15) is 35.5 Å². The lowest BCUT2D eigenvalue weighted by Gasteiger charge is -2.15. The van der Waals surface area contributed by atoms with Crippen LogP contribution < -0.4 is 10.9 Å². The summed E-state index contributed by atoms with van der Waals surface area (Å²) in [6.07, 6.45) is 4.82. The summed E-state index contributed by atoms with van der Waals surface area (Å²) in [5.41, 5.74) is 3.50. The minimum absolute atomic E-state index is 0.100. The normalized spacial score (nSPS) is 11.9. The Morgan fingerprint density at radius 2 is 1.94 bits per heavy atom. The topological polar surface area (TPSA) is 106 Å². The van der Waals surface area contributed by atoms with Gasteiger partial charge < -0.3 is 10.3 Å². The maximum Gasteiger partial charge on any atom is 0.255 e. The van der Waals surface area contributed by atoms with Gasteiger partial charge in [0.05, 0.1) is 24.3 Å². The van der Waals surface area contributed by atoms with Gasteiger partial charge in [0.1, 0.15) is 11.6 Å². The fourth-order valence-electron chi connectivity index (χ4n) is 3.68. The number of carbonyl (C=O) groups is 1. The third-order valence-corrected chi connectivity index (χ3v) is 5.46. The Bertz CT molecular complexity index is 1350. The maximum absolute atomic E-state index is 13.2. The summed E-state index contributed by atoms with van der Waals surface area (Å²) >= 11 is 0. The Labute approximate surface area is 189 Å².